The van der Waals surface area contributed by atoms with Gasteiger partial charge in [0.2, 0.25) is 0 Å². The highest BCUT2D eigenvalue weighted by Gasteiger charge is 2.19. The number of ether oxygens (including phenoxy) is 1. The van der Waals surface area contributed by atoms with Crippen LogP contribution in [-0.2, 0) is 0 Å². The normalized spacial score (nSPS) is 24.9. The minimum absolute atomic E-state index is 0.244. The van der Waals surface area contributed by atoms with Gasteiger partial charge in [-0.15, -0.1) is 0 Å². The molecule has 2 nitrogen and oxygen atoms in total. The summed E-state index contributed by atoms with van der Waals surface area (Å²) in [5.74, 6) is 1.67. The van der Waals surface area contributed by atoms with Crippen molar-refractivity contribution in [3.63, 3.8) is 0 Å². The van der Waals surface area contributed by atoms with E-state index in [2.05, 4.69) is 38.1 Å². The molecule has 1 fully saturated rings. The first kappa shape index (κ1) is 12.4. The fraction of sp³-hybridized carbons (Fsp3) is 0.600. The Morgan fingerprint density at radius 2 is 1.65 bits per heavy atom. The third kappa shape index (κ3) is 3.47. The van der Waals surface area contributed by atoms with Crippen LogP contribution >= 0.6 is 0 Å². The largest absolute Gasteiger partial charge is 0.491 e. The Labute approximate surface area is 104 Å². The third-order valence-electron chi connectivity index (χ3n) is 3.50. The lowest BCUT2D eigenvalue weighted by Crippen LogP contribution is -2.25. The maximum absolute atomic E-state index is 5.93. The first-order valence-corrected chi connectivity index (χ1v) is 6.67. The highest BCUT2D eigenvalue weighted by molar-refractivity contribution is 5.29. The second-order valence-electron chi connectivity index (χ2n) is 5.35. The highest BCUT2D eigenvalue weighted by atomic mass is 16.5. The predicted molar refractivity (Wildman–Crippen MR) is 71.4 cm³/mol. The monoisotopic (exact) mass is 233 g/mol. The highest BCUT2D eigenvalue weighted by Crippen LogP contribution is 2.32. The number of hydrogen-bond donors (Lipinski definition) is 1. The molecule has 1 saturated carbocycles. The van der Waals surface area contributed by atoms with Crippen LogP contribution in [-0.4, -0.2) is 12.1 Å². The van der Waals surface area contributed by atoms with Crippen molar-refractivity contribution in [1.82, 2.24) is 0 Å². The van der Waals surface area contributed by atoms with Crippen molar-refractivity contribution in [2.75, 3.05) is 0 Å². The third-order valence-corrected chi connectivity index (χ3v) is 3.50. The molecule has 0 aromatic heterocycles. The summed E-state index contributed by atoms with van der Waals surface area (Å²) in [5, 5.41) is 0. The van der Waals surface area contributed by atoms with E-state index in [0.717, 1.165) is 18.6 Å². The van der Waals surface area contributed by atoms with Gasteiger partial charge in [0, 0.05) is 6.04 Å². The Morgan fingerprint density at radius 3 is 2.18 bits per heavy atom. The molecule has 1 aliphatic carbocycles. The topological polar surface area (TPSA) is 35.2 Å². The maximum atomic E-state index is 5.93. The summed E-state index contributed by atoms with van der Waals surface area (Å²) in [7, 11) is 0. The molecule has 1 aliphatic rings. The van der Waals surface area contributed by atoms with Crippen molar-refractivity contribution >= 4 is 0 Å². The smallest absolute Gasteiger partial charge is 0.119 e. The first-order chi connectivity index (χ1) is 8.15. The quantitative estimate of drug-likeness (QED) is 0.867. The standard InChI is InChI=1S/C15H23NO/c1-11(2)17-15-9-5-13(6-10-15)12-3-7-14(16)8-4-12/h5-6,9-12,14H,3-4,7-8,16H2,1-2H3. The van der Waals surface area contributed by atoms with E-state index in [1.54, 1.807) is 0 Å². The summed E-state index contributed by atoms with van der Waals surface area (Å²) in [4.78, 5) is 0. The van der Waals surface area contributed by atoms with E-state index in [1.165, 1.54) is 18.4 Å². The Bertz CT molecular complexity index is 336. The van der Waals surface area contributed by atoms with E-state index in [1.807, 2.05) is 0 Å². The van der Waals surface area contributed by atoms with Gasteiger partial charge >= 0.3 is 0 Å². The molecule has 0 unspecified atom stereocenters. The van der Waals surface area contributed by atoms with Gasteiger partial charge in [-0.25, -0.2) is 0 Å². The molecule has 1 aromatic carbocycles. The lowest BCUT2D eigenvalue weighted by molar-refractivity contribution is 0.242. The molecular weight excluding hydrogens is 210 g/mol. The number of rotatable bonds is 3. The van der Waals surface area contributed by atoms with Gasteiger partial charge in [-0.2, -0.15) is 0 Å². The number of benzene rings is 1. The molecule has 17 heavy (non-hydrogen) atoms. The molecule has 2 rings (SSSR count). The van der Waals surface area contributed by atoms with E-state index >= 15 is 0 Å². The molecule has 0 spiro atoms. The molecule has 2 heteroatoms. The molecule has 0 saturated heterocycles. The number of nitrogens with two attached hydrogens (primary N) is 1. The molecule has 0 bridgehead atoms. The summed E-state index contributed by atoms with van der Waals surface area (Å²) >= 11 is 0. The SMILES string of the molecule is CC(C)Oc1ccc(C2CCC(N)CC2)cc1. The molecule has 0 heterocycles. The van der Waals surface area contributed by atoms with E-state index in [9.17, 15) is 0 Å². The lowest BCUT2D eigenvalue weighted by atomic mass is 9.82. The average Bonchev–Trinajstić information content (AvgIpc) is 2.30. The zero-order chi connectivity index (χ0) is 12.3. The summed E-state index contributed by atoms with van der Waals surface area (Å²) < 4.78 is 5.65. The molecule has 0 radical (unpaired) electrons. The van der Waals surface area contributed by atoms with Gasteiger partial charge < -0.3 is 10.5 Å². The van der Waals surface area contributed by atoms with Gasteiger partial charge in [0.05, 0.1) is 6.10 Å². The molecular formula is C15H23NO. The number of hydrogen-bond acceptors (Lipinski definition) is 2. The maximum Gasteiger partial charge on any atom is 0.119 e. The van der Waals surface area contributed by atoms with Crippen molar-refractivity contribution in [3.05, 3.63) is 29.8 Å². The van der Waals surface area contributed by atoms with Crippen molar-refractivity contribution in [2.24, 2.45) is 5.73 Å². The van der Waals surface area contributed by atoms with Crippen LogP contribution in [0.5, 0.6) is 5.75 Å². The van der Waals surface area contributed by atoms with E-state index in [4.69, 9.17) is 10.5 Å². The zero-order valence-corrected chi connectivity index (χ0v) is 10.9. The van der Waals surface area contributed by atoms with Gasteiger partial charge in [-0.05, 0) is 63.1 Å². The molecule has 1 aromatic rings. The summed E-state index contributed by atoms with van der Waals surface area (Å²) in [6.07, 6.45) is 5.02. The second kappa shape index (κ2) is 5.54. The Balaban J connectivity index is 1.97. The van der Waals surface area contributed by atoms with E-state index in [-0.39, 0.29) is 6.10 Å². The van der Waals surface area contributed by atoms with Crippen molar-refractivity contribution in [2.45, 2.75) is 57.6 Å². The van der Waals surface area contributed by atoms with Crippen LogP contribution in [0.15, 0.2) is 24.3 Å². The lowest BCUT2D eigenvalue weighted by Gasteiger charge is -2.26. The fourth-order valence-electron chi connectivity index (χ4n) is 2.54. The van der Waals surface area contributed by atoms with Crippen molar-refractivity contribution in [1.29, 1.82) is 0 Å². The molecule has 94 valence electrons. The zero-order valence-electron chi connectivity index (χ0n) is 10.9. The second-order valence-corrected chi connectivity index (χ2v) is 5.35. The van der Waals surface area contributed by atoms with Crippen LogP contribution < -0.4 is 10.5 Å². The van der Waals surface area contributed by atoms with Gasteiger partial charge in [-0.1, -0.05) is 12.1 Å². The summed E-state index contributed by atoms with van der Waals surface area (Å²) in [5.41, 5.74) is 7.37. The summed E-state index contributed by atoms with van der Waals surface area (Å²) in [6.45, 7) is 4.10. The Hall–Kier alpha value is -1.02. The van der Waals surface area contributed by atoms with Crippen LogP contribution in [0, 0.1) is 0 Å². The van der Waals surface area contributed by atoms with Gasteiger partial charge in [-0.3, -0.25) is 0 Å². The molecule has 0 aliphatic heterocycles. The van der Waals surface area contributed by atoms with Gasteiger partial charge in [0.1, 0.15) is 5.75 Å². The van der Waals surface area contributed by atoms with Crippen LogP contribution in [0.2, 0.25) is 0 Å². The van der Waals surface area contributed by atoms with E-state index in [0.29, 0.717) is 12.0 Å². The van der Waals surface area contributed by atoms with Crippen LogP contribution in [0.1, 0.15) is 51.0 Å². The van der Waals surface area contributed by atoms with Crippen molar-refractivity contribution in [3.8, 4) is 5.75 Å². The fourth-order valence-corrected chi connectivity index (χ4v) is 2.54. The molecule has 0 amide bonds. The summed E-state index contributed by atoms with van der Waals surface area (Å²) in [6, 6.07) is 9.02. The first-order valence-electron chi connectivity index (χ1n) is 6.67. The Kier molecular flexibility index (Phi) is 4.06. The minimum atomic E-state index is 0.244. The average molecular weight is 233 g/mol. The van der Waals surface area contributed by atoms with Crippen molar-refractivity contribution < 1.29 is 4.74 Å². The van der Waals surface area contributed by atoms with Crippen LogP contribution in [0.25, 0.3) is 0 Å². The minimum Gasteiger partial charge on any atom is -0.491 e. The van der Waals surface area contributed by atoms with Crippen LogP contribution in [0.3, 0.4) is 0 Å². The van der Waals surface area contributed by atoms with E-state index < -0.39 is 0 Å². The van der Waals surface area contributed by atoms with Crippen LogP contribution in [0.4, 0.5) is 0 Å². The predicted octanol–water partition coefficient (Wildman–Crippen LogP) is 3.46. The molecule has 0 atom stereocenters. The van der Waals surface area contributed by atoms with Gasteiger partial charge in [0.15, 0.2) is 0 Å². The van der Waals surface area contributed by atoms with Gasteiger partial charge in [0.25, 0.3) is 0 Å². The Morgan fingerprint density at radius 1 is 1.06 bits per heavy atom. The molecule has 2 N–H and O–H groups in total.